The van der Waals surface area contributed by atoms with Crippen molar-refractivity contribution in [3.05, 3.63) is 63.5 Å². The molecule has 0 unspecified atom stereocenters. The highest BCUT2D eigenvalue weighted by Crippen LogP contribution is 2.39. The standard InChI is InChI=1S/C22H19FN4O6/c1-12(28)24-10-16-11-26(22(30)33-16)14-4-3-13(19(23)9-14)7-18-17-8-15(27(31)32)5-6-20(17)25(2)21(18)29/h3-9,16H,10-11H2,1-2H3,(H,24,28)/t16-/m0/s1. The summed E-state index contributed by atoms with van der Waals surface area (Å²) in [5, 5.41) is 13.7. The molecule has 0 saturated carbocycles. The smallest absolute Gasteiger partial charge is 0.414 e. The van der Waals surface area contributed by atoms with Crippen LogP contribution in [0.3, 0.4) is 0 Å². The van der Waals surface area contributed by atoms with Gasteiger partial charge in [-0.05, 0) is 30.3 Å². The Morgan fingerprint density at radius 3 is 2.73 bits per heavy atom. The Balaban J connectivity index is 1.62. The van der Waals surface area contributed by atoms with Gasteiger partial charge in [0.15, 0.2) is 0 Å². The van der Waals surface area contributed by atoms with E-state index >= 15 is 0 Å². The van der Waals surface area contributed by atoms with Crippen LogP contribution in [0.5, 0.6) is 0 Å². The van der Waals surface area contributed by atoms with Crippen molar-refractivity contribution in [1.29, 1.82) is 0 Å². The molecule has 2 aromatic rings. The van der Waals surface area contributed by atoms with Crippen molar-refractivity contribution in [3.8, 4) is 0 Å². The fourth-order valence-electron chi connectivity index (χ4n) is 3.74. The number of non-ortho nitro benzene ring substituents is 1. The Bertz CT molecular complexity index is 1230. The lowest BCUT2D eigenvalue weighted by molar-refractivity contribution is -0.384. The van der Waals surface area contributed by atoms with Gasteiger partial charge in [0.2, 0.25) is 5.91 Å². The van der Waals surface area contributed by atoms with Gasteiger partial charge >= 0.3 is 6.09 Å². The molecule has 11 heteroatoms. The average Bonchev–Trinajstić information content (AvgIpc) is 3.26. The molecule has 0 aromatic heterocycles. The predicted molar refractivity (Wildman–Crippen MR) is 117 cm³/mol. The summed E-state index contributed by atoms with van der Waals surface area (Å²) in [4.78, 5) is 49.1. The third-order valence-corrected chi connectivity index (χ3v) is 5.43. The molecule has 1 atom stereocenters. The van der Waals surface area contributed by atoms with E-state index in [9.17, 15) is 28.9 Å². The minimum atomic E-state index is -0.688. The number of carbonyl (C=O) groups excluding carboxylic acids is 3. The highest BCUT2D eigenvalue weighted by molar-refractivity contribution is 6.35. The number of benzene rings is 2. The predicted octanol–water partition coefficient (Wildman–Crippen LogP) is 2.71. The zero-order valence-corrected chi connectivity index (χ0v) is 17.7. The lowest BCUT2D eigenvalue weighted by Crippen LogP contribution is -2.33. The summed E-state index contributed by atoms with van der Waals surface area (Å²) in [6, 6.07) is 8.12. The summed E-state index contributed by atoms with van der Waals surface area (Å²) < 4.78 is 20.1. The van der Waals surface area contributed by atoms with E-state index in [-0.39, 0.29) is 41.5 Å². The van der Waals surface area contributed by atoms with Crippen LogP contribution >= 0.6 is 0 Å². The minimum Gasteiger partial charge on any atom is -0.442 e. The number of ether oxygens (including phenoxy) is 1. The molecule has 1 fully saturated rings. The van der Waals surface area contributed by atoms with Gasteiger partial charge in [0.25, 0.3) is 11.6 Å². The van der Waals surface area contributed by atoms with Gasteiger partial charge < -0.3 is 15.0 Å². The first-order valence-corrected chi connectivity index (χ1v) is 9.96. The molecular weight excluding hydrogens is 435 g/mol. The summed E-state index contributed by atoms with van der Waals surface area (Å²) in [5.74, 6) is -1.36. The van der Waals surface area contributed by atoms with Crippen LogP contribution in [0.25, 0.3) is 11.6 Å². The Hall–Kier alpha value is -4.28. The highest BCUT2D eigenvalue weighted by atomic mass is 19.1. The first-order chi connectivity index (χ1) is 15.7. The van der Waals surface area contributed by atoms with Crippen LogP contribution in [0.1, 0.15) is 18.1 Å². The lowest BCUT2D eigenvalue weighted by Gasteiger charge is -2.14. The van der Waals surface area contributed by atoms with E-state index in [0.717, 1.165) is 6.07 Å². The average molecular weight is 454 g/mol. The van der Waals surface area contributed by atoms with Crippen molar-refractivity contribution in [2.75, 3.05) is 29.9 Å². The number of amides is 3. The van der Waals surface area contributed by atoms with Gasteiger partial charge in [-0.2, -0.15) is 0 Å². The molecule has 33 heavy (non-hydrogen) atoms. The third-order valence-electron chi connectivity index (χ3n) is 5.43. The van der Waals surface area contributed by atoms with Crippen LogP contribution < -0.4 is 15.1 Å². The molecule has 170 valence electrons. The topological polar surface area (TPSA) is 122 Å². The molecule has 0 radical (unpaired) electrons. The number of hydrogen-bond acceptors (Lipinski definition) is 6. The number of nitrogens with one attached hydrogen (secondary N) is 1. The normalized spacial score (nSPS) is 18.5. The number of cyclic esters (lactones) is 1. The summed E-state index contributed by atoms with van der Waals surface area (Å²) in [7, 11) is 1.53. The molecule has 0 spiro atoms. The zero-order valence-electron chi connectivity index (χ0n) is 17.7. The van der Waals surface area contributed by atoms with Crippen LogP contribution in [0.4, 0.5) is 26.2 Å². The van der Waals surface area contributed by atoms with Gasteiger partial charge in [-0.3, -0.25) is 24.6 Å². The van der Waals surface area contributed by atoms with E-state index in [4.69, 9.17) is 4.74 Å². The van der Waals surface area contributed by atoms with Crippen molar-refractivity contribution in [1.82, 2.24) is 5.32 Å². The number of hydrogen-bond donors (Lipinski definition) is 1. The fraction of sp³-hybridized carbons (Fsp3) is 0.227. The van der Waals surface area contributed by atoms with Crippen LogP contribution in [0.15, 0.2) is 36.4 Å². The number of carbonyl (C=O) groups is 3. The first-order valence-electron chi connectivity index (χ1n) is 9.96. The van der Waals surface area contributed by atoms with Gasteiger partial charge in [0, 0.05) is 37.2 Å². The number of likely N-dealkylation sites (N-methyl/N-ethyl adjacent to an activating group) is 1. The molecule has 1 saturated heterocycles. The Kier molecular flexibility index (Phi) is 5.54. The summed E-state index contributed by atoms with van der Waals surface area (Å²) in [5.41, 5.74) is 1.11. The van der Waals surface area contributed by atoms with Gasteiger partial charge in [0.1, 0.15) is 11.9 Å². The van der Waals surface area contributed by atoms with E-state index in [2.05, 4.69) is 5.32 Å². The molecule has 4 rings (SSSR count). The molecule has 2 aliphatic rings. The van der Waals surface area contributed by atoms with Crippen LogP contribution in [0, 0.1) is 15.9 Å². The second kappa shape index (κ2) is 8.34. The number of nitrogens with zero attached hydrogens (tertiary/aromatic N) is 3. The molecule has 10 nitrogen and oxygen atoms in total. The number of nitro benzene ring substituents is 1. The van der Waals surface area contributed by atoms with E-state index in [1.807, 2.05) is 0 Å². The van der Waals surface area contributed by atoms with E-state index in [1.165, 1.54) is 60.2 Å². The first kappa shape index (κ1) is 21.9. The Morgan fingerprint density at radius 2 is 2.06 bits per heavy atom. The van der Waals surface area contributed by atoms with Gasteiger partial charge in [0.05, 0.1) is 35.0 Å². The van der Waals surface area contributed by atoms with Crippen molar-refractivity contribution in [2.24, 2.45) is 0 Å². The largest absolute Gasteiger partial charge is 0.442 e. The maximum Gasteiger partial charge on any atom is 0.414 e. The molecule has 1 N–H and O–H groups in total. The van der Waals surface area contributed by atoms with Crippen LogP contribution in [-0.2, 0) is 14.3 Å². The maximum absolute atomic E-state index is 14.9. The molecule has 0 aliphatic carbocycles. The van der Waals surface area contributed by atoms with Gasteiger partial charge in [-0.15, -0.1) is 0 Å². The third kappa shape index (κ3) is 4.12. The lowest BCUT2D eigenvalue weighted by atomic mass is 10.0. The maximum atomic E-state index is 14.9. The minimum absolute atomic E-state index is 0.0808. The van der Waals surface area contributed by atoms with Crippen molar-refractivity contribution in [2.45, 2.75) is 13.0 Å². The van der Waals surface area contributed by atoms with E-state index < -0.39 is 28.8 Å². The number of halogens is 1. The molecule has 3 amide bonds. The Morgan fingerprint density at radius 1 is 1.30 bits per heavy atom. The second-order valence-electron chi connectivity index (χ2n) is 7.64. The van der Waals surface area contributed by atoms with Gasteiger partial charge in [-0.1, -0.05) is 0 Å². The van der Waals surface area contributed by atoms with Crippen molar-refractivity contribution in [3.63, 3.8) is 0 Å². The summed E-state index contributed by atoms with van der Waals surface area (Å²) >= 11 is 0. The van der Waals surface area contributed by atoms with Crippen molar-refractivity contribution < 1.29 is 28.4 Å². The monoisotopic (exact) mass is 454 g/mol. The summed E-state index contributed by atoms with van der Waals surface area (Å²) in [6.07, 6.45) is 0.102. The molecule has 0 bridgehead atoms. The fourth-order valence-corrected chi connectivity index (χ4v) is 3.74. The molecule has 2 heterocycles. The number of fused-ring (bicyclic) bond motifs is 1. The molecular formula is C22H19FN4O6. The Labute approximate surface area is 187 Å². The zero-order chi connectivity index (χ0) is 23.9. The number of nitro groups is 1. The number of anilines is 2. The second-order valence-corrected chi connectivity index (χ2v) is 7.64. The van der Waals surface area contributed by atoms with E-state index in [1.54, 1.807) is 0 Å². The highest BCUT2D eigenvalue weighted by Gasteiger charge is 2.34. The van der Waals surface area contributed by atoms with Crippen LogP contribution in [0.2, 0.25) is 0 Å². The quantitative estimate of drug-likeness (QED) is 0.421. The molecule has 2 aliphatic heterocycles. The number of rotatable bonds is 5. The molecule has 2 aromatic carbocycles. The van der Waals surface area contributed by atoms with Crippen LogP contribution in [-0.4, -0.2) is 49.1 Å². The summed E-state index contributed by atoms with van der Waals surface area (Å²) in [6.45, 7) is 1.63. The van der Waals surface area contributed by atoms with Crippen molar-refractivity contribution >= 4 is 46.6 Å². The van der Waals surface area contributed by atoms with E-state index in [0.29, 0.717) is 11.3 Å². The van der Waals surface area contributed by atoms with Gasteiger partial charge in [-0.25, -0.2) is 9.18 Å². The SMILES string of the molecule is CC(=O)NC[C@H]1CN(c2ccc(C=C3C(=O)N(C)c4ccc([N+](=O)[O-])cc43)c(F)c2)C(=O)O1.